The average molecular weight is 197 g/mol. The second kappa shape index (κ2) is 4.22. The SMILES string of the molecule is NC(=O)N/N=C/c1ccc(O)c(F)c1. The first-order chi connectivity index (χ1) is 6.59. The maximum absolute atomic E-state index is 12.7. The molecule has 0 aliphatic heterocycles. The lowest BCUT2D eigenvalue weighted by atomic mass is 10.2. The van der Waals surface area contributed by atoms with Crippen molar-refractivity contribution in [2.75, 3.05) is 0 Å². The van der Waals surface area contributed by atoms with Crippen LogP contribution in [0.25, 0.3) is 0 Å². The number of primary amides is 1. The molecule has 1 aromatic carbocycles. The van der Waals surface area contributed by atoms with Crippen LogP contribution in [0.5, 0.6) is 5.75 Å². The number of aromatic hydroxyl groups is 1. The molecule has 0 saturated heterocycles. The molecule has 1 rings (SSSR count). The van der Waals surface area contributed by atoms with Gasteiger partial charge in [0.05, 0.1) is 6.21 Å². The summed E-state index contributed by atoms with van der Waals surface area (Å²) >= 11 is 0. The van der Waals surface area contributed by atoms with Gasteiger partial charge in [0.25, 0.3) is 0 Å². The van der Waals surface area contributed by atoms with Crippen LogP contribution in [-0.2, 0) is 0 Å². The molecule has 0 fully saturated rings. The molecule has 0 radical (unpaired) electrons. The van der Waals surface area contributed by atoms with E-state index in [4.69, 9.17) is 10.8 Å². The highest BCUT2D eigenvalue weighted by Gasteiger charge is 1.99. The molecule has 0 aromatic heterocycles. The lowest BCUT2D eigenvalue weighted by molar-refractivity contribution is 0.249. The molecule has 0 bridgehead atoms. The number of phenolic OH excluding ortho intramolecular Hbond substituents is 1. The Balaban J connectivity index is 2.73. The van der Waals surface area contributed by atoms with Crippen LogP contribution in [0.2, 0.25) is 0 Å². The number of rotatable bonds is 2. The molecule has 0 aliphatic rings. The first-order valence-corrected chi connectivity index (χ1v) is 3.66. The Hall–Kier alpha value is -2.11. The Labute approximate surface area is 79.0 Å². The third kappa shape index (κ3) is 2.74. The van der Waals surface area contributed by atoms with Gasteiger partial charge in [-0.15, -0.1) is 0 Å². The van der Waals surface area contributed by atoms with Gasteiger partial charge in [0.2, 0.25) is 0 Å². The summed E-state index contributed by atoms with van der Waals surface area (Å²) in [6.07, 6.45) is 1.20. The third-order valence-corrected chi connectivity index (χ3v) is 1.36. The monoisotopic (exact) mass is 197 g/mol. The predicted octanol–water partition coefficient (Wildman–Crippen LogP) is 0.533. The number of hydrogen-bond donors (Lipinski definition) is 3. The lowest BCUT2D eigenvalue weighted by Gasteiger charge is -1.96. The summed E-state index contributed by atoms with van der Waals surface area (Å²) in [5.41, 5.74) is 7.08. The van der Waals surface area contributed by atoms with Crippen molar-refractivity contribution in [2.24, 2.45) is 10.8 Å². The molecule has 1 aromatic rings. The number of hydrazone groups is 1. The van der Waals surface area contributed by atoms with E-state index >= 15 is 0 Å². The van der Waals surface area contributed by atoms with Gasteiger partial charge >= 0.3 is 6.03 Å². The third-order valence-electron chi connectivity index (χ3n) is 1.36. The Morgan fingerprint density at radius 2 is 2.36 bits per heavy atom. The molecule has 0 heterocycles. The molecule has 0 aliphatic carbocycles. The van der Waals surface area contributed by atoms with Crippen LogP contribution in [0, 0.1) is 5.82 Å². The van der Waals surface area contributed by atoms with E-state index in [1.165, 1.54) is 18.3 Å². The van der Waals surface area contributed by atoms with Gasteiger partial charge in [-0.05, 0) is 23.8 Å². The summed E-state index contributed by atoms with van der Waals surface area (Å²) in [7, 11) is 0. The molecular weight excluding hydrogens is 189 g/mol. The maximum Gasteiger partial charge on any atom is 0.332 e. The molecule has 74 valence electrons. The number of carbonyl (C=O) groups is 1. The molecular formula is C8H8FN3O2. The fourth-order valence-electron chi connectivity index (χ4n) is 0.774. The highest BCUT2D eigenvalue weighted by molar-refractivity contribution is 5.81. The van der Waals surface area contributed by atoms with Crippen molar-refractivity contribution in [3.05, 3.63) is 29.6 Å². The summed E-state index contributed by atoms with van der Waals surface area (Å²) in [6, 6.07) is 2.88. The fraction of sp³-hybridized carbons (Fsp3) is 0. The zero-order valence-corrected chi connectivity index (χ0v) is 7.07. The number of amides is 2. The Bertz CT molecular complexity index is 379. The Kier molecular flexibility index (Phi) is 3.01. The van der Waals surface area contributed by atoms with Crippen molar-refractivity contribution in [1.82, 2.24) is 5.43 Å². The van der Waals surface area contributed by atoms with Crippen molar-refractivity contribution >= 4 is 12.2 Å². The number of hydrogen-bond acceptors (Lipinski definition) is 3. The van der Waals surface area contributed by atoms with Gasteiger partial charge in [0.1, 0.15) is 0 Å². The van der Waals surface area contributed by atoms with Crippen molar-refractivity contribution in [3.63, 3.8) is 0 Å². The first kappa shape index (κ1) is 9.97. The largest absolute Gasteiger partial charge is 0.505 e. The Morgan fingerprint density at radius 3 is 2.93 bits per heavy atom. The molecule has 0 atom stereocenters. The van der Waals surface area contributed by atoms with Crippen molar-refractivity contribution in [2.45, 2.75) is 0 Å². The van der Waals surface area contributed by atoms with E-state index in [1.807, 2.05) is 5.43 Å². The van der Waals surface area contributed by atoms with Crippen molar-refractivity contribution in [3.8, 4) is 5.75 Å². The normalized spacial score (nSPS) is 10.4. The summed E-state index contributed by atoms with van der Waals surface area (Å²) < 4.78 is 12.7. The van der Waals surface area contributed by atoms with Crippen LogP contribution in [0.3, 0.4) is 0 Å². The van der Waals surface area contributed by atoms with E-state index in [0.29, 0.717) is 5.56 Å². The predicted molar refractivity (Wildman–Crippen MR) is 48.4 cm³/mol. The molecule has 4 N–H and O–H groups in total. The van der Waals surface area contributed by atoms with Crippen molar-refractivity contribution < 1.29 is 14.3 Å². The number of benzene rings is 1. The minimum Gasteiger partial charge on any atom is -0.505 e. The van der Waals surface area contributed by atoms with Gasteiger partial charge < -0.3 is 10.8 Å². The zero-order valence-electron chi connectivity index (χ0n) is 7.07. The van der Waals surface area contributed by atoms with E-state index < -0.39 is 17.6 Å². The van der Waals surface area contributed by atoms with Crippen molar-refractivity contribution in [1.29, 1.82) is 0 Å². The van der Waals surface area contributed by atoms with E-state index in [9.17, 15) is 9.18 Å². The highest BCUT2D eigenvalue weighted by atomic mass is 19.1. The first-order valence-electron chi connectivity index (χ1n) is 3.66. The van der Waals surface area contributed by atoms with Crippen LogP contribution in [-0.4, -0.2) is 17.4 Å². The second-order valence-corrected chi connectivity index (χ2v) is 2.45. The molecule has 6 heteroatoms. The summed E-state index contributed by atoms with van der Waals surface area (Å²) in [4.78, 5) is 10.2. The molecule has 14 heavy (non-hydrogen) atoms. The number of halogens is 1. The van der Waals surface area contributed by atoms with Gasteiger partial charge in [0, 0.05) is 0 Å². The van der Waals surface area contributed by atoms with Gasteiger partial charge in [-0.2, -0.15) is 5.10 Å². The lowest BCUT2D eigenvalue weighted by Crippen LogP contribution is -2.24. The highest BCUT2D eigenvalue weighted by Crippen LogP contribution is 2.14. The number of nitrogens with zero attached hydrogens (tertiary/aromatic N) is 1. The summed E-state index contributed by atoms with van der Waals surface area (Å²) in [5, 5.41) is 12.3. The molecule has 5 nitrogen and oxygen atoms in total. The molecule has 0 unspecified atom stereocenters. The second-order valence-electron chi connectivity index (χ2n) is 2.45. The smallest absolute Gasteiger partial charge is 0.332 e. The van der Waals surface area contributed by atoms with Gasteiger partial charge in [-0.3, -0.25) is 0 Å². The number of nitrogens with two attached hydrogens (primary N) is 1. The summed E-state index contributed by atoms with van der Waals surface area (Å²) in [6.45, 7) is 0. The van der Waals surface area contributed by atoms with Crippen LogP contribution in [0.1, 0.15) is 5.56 Å². The van der Waals surface area contributed by atoms with E-state index in [2.05, 4.69) is 5.10 Å². The molecule has 0 saturated carbocycles. The fourth-order valence-corrected chi connectivity index (χ4v) is 0.774. The van der Waals surface area contributed by atoms with E-state index in [1.54, 1.807) is 0 Å². The number of phenols is 1. The standard InChI is InChI=1S/C8H8FN3O2/c9-6-3-5(1-2-7(6)13)4-11-12-8(10)14/h1-4,13H,(H3,10,12,14)/b11-4+. The summed E-state index contributed by atoms with van der Waals surface area (Å²) in [5.74, 6) is -1.20. The quantitative estimate of drug-likeness (QED) is 0.477. The zero-order chi connectivity index (χ0) is 10.6. The van der Waals surface area contributed by atoms with E-state index in [0.717, 1.165) is 6.07 Å². The number of nitrogens with one attached hydrogen (secondary N) is 1. The Morgan fingerprint density at radius 1 is 1.64 bits per heavy atom. The minimum absolute atomic E-state index is 0.397. The van der Waals surface area contributed by atoms with Crippen LogP contribution in [0.15, 0.2) is 23.3 Å². The molecule has 2 amide bonds. The number of carbonyl (C=O) groups excluding carboxylic acids is 1. The minimum atomic E-state index is -0.805. The maximum atomic E-state index is 12.7. The van der Waals surface area contributed by atoms with Gasteiger partial charge in [-0.25, -0.2) is 14.6 Å². The van der Waals surface area contributed by atoms with E-state index in [-0.39, 0.29) is 0 Å². The van der Waals surface area contributed by atoms with Crippen LogP contribution >= 0.6 is 0 Å². The van der Waals surface area contributed by atoms with Crippen LogP contribution in [0.4, 0.5) is 9.18 Å². The average Bonchev–Trinajstić information content (AvgIpc) is 2.10. The van der Waals surface area contributed by atoms with Gasteiger partial charge in [-0.1, -0.05) is 0 Å². The number of urea groups is 1. The van der Waals surface area contributed by atoms with Crippen LogP contribution < -0.4 is 11.2 Å². The van der Waals surface area contributed by atoms with Gasteiger partial charge in [0.15, 0.2) is 11.6 Å². The topological polar surface area (TPSA) is 87.7 Å². The molecule has 0 spiro atoms.